The average molecular weight is 513 g/mol. The highest BCUT2D eigenvalue weighted by Gasteiger charge is 2.65. The van der Waals surface area contributed by atoms with Crippen molar-refractivity contribution < 1.29 is 37.1 Å². The van der Waals surface area contributed by atoms with Crippen molar-refractivity contribution in [1.82, 2.24) is 19.6 Å². The first kappa shape index (κ1) is 23.0. The highest BCUT2D eigenvalue weighted by atomic mass is 31.2. The van der Waals surface area contributed by atoms with E-state index in [1.807, 2.05) is 0 Å². The Morgan fingerprint density at radius 3 is 2.92 bits per heavy atom. The fraction of sp³-hybridized carbons (Fsp3) is 0.409. The highest BCUT2D eigenvalue weighted by Crippen LogP contribution is 2.57. The van der Waals surface area contributed by atoms with Gasteiger partial charge in [-0.1, -0.05) is 0 Å². The zero-order valence-corrected chi connectivity index (χ0v) is 19.8. The molecule has 0 spiro atoms. The summed E-state index contributed by atoms with van der Waals surface area (Å²) in [7, 11) is -3.99. The summed E-state index contributed by atoms with van der Waals surface area (Å²) in [6.07, 6.45) is 0.477. The van der Waals surface area contributed by atoms with Crippen LogP contribution in [0.4, 0.5) is 4.79 Å². The second kappa shape index (κ2) is 8.62. The standard InChI is InChI=1S/C22H20N5O8P/c1-13-15-2-3-18(27(15)26-12-25-13)22(11-23)20-19(32-21(28)33-20)17(34-22)10-31-36(29)30-9-6-16(35-36)14-4-7-24-8-5-14/h2-5,7-8,12,16-17,19-20H,6,9-10H2,1H3/t16-,17+,19+,20+,22-,36+/m0/s1. The van der Waals surface area contributed by atoms with Gasteiger partial charge in [-0.05, 0) is 36.8 Å². The van der Waals surface area contributed by atoms with Gasteiger partial charge in [0.05, 0.1) is 36.2 Å². The molecule has 6 atom stereocenters. The van der Waals surface area contributed by atoms with E-state index in [9.17, 15) is 14.6 Å². The van der Waals surface area contributed by atoms with Gasteiger partial charge in [-0.3, -0.25) is 18.6 Å². The molecule has 13 nitrogen and oxygen atoms in total. The van der Waals surface area contributed by atoms with E-state index in [1.165, 1.54) is 10.8 Å². The molecule has 0 aromatic carbocycles. The summed E-state index contributed by atoms with van der Waals surface area (Å²) in [4.78, 5) is 20.2. The molecular weight excluding hydrogens is 493 g/mol. The molecule has 3 saturated heterocycles. The minimum absolute atomic E-state index is 0.150. The number of phosphoric acid groups is 1. The number of aromatic nitrogens is 4. The number of carbonyl (C=O) groups excluding carboxylic acids is 1. The number of pyridine rings is 1. The number of fused-ring (bicyclic) bond motifs is 2. The van der Waals surface area contributed by atoms with Crippen molar-refractivity contribution >= 4 is 19.5 Å². The largest absolute Gasteiger partial charge is 0.509 e. The van der Waals surface area contributed by atoms with E-state index in [0.29, 0.717) is 23.3 Å². The molecule has 0 bridgehead atoms. The minimum Gasteiger partial charge on any atom is -0.424 e. The van der Waals surface area contributed by atoms with E-state index in [-0.39, 0.29) is 13.2 Å². The van der Waals surface area contributed by atoms with E-state index >= 15 is 0 Å². The molecule has 14 heteroatoms. The molecule has 3 fully saturated rings. The van der Waals surface area contributed by atoms with Gasteiger partial charge in [0.2, 0.25) is 5.60 Å². The van der Waals surface area contributed by atoms with E-state index < -0.39 is 44.0 Å². The second-order valence-corrected chi connectivity index (χ2v) is 10.1. The first-order chi connectivity index (χ1) is 17.4. The number of nitriles is 1. The zero-order valence-electron chi connectivity index (χ0n) is 18.9. The van der Waals surface area contributed by atoms with Crippen LogP contribution in [0.2, 0.25) is 0 Å². The third-order valence-corrected chi connectivity index (χ3v) is 7.89. The molecule has 0 aliphatic carbocycles. The number of ether oxygens (including phenoxy) is 3. The first-order valence-corrected chi connectivity index (χ1v) is 12.6. The molecule has 6 heterocycles. The summed E-state index contributed by atoms with van der Waals surface area (Å²) >= 11 is 0. The van der Waals surface area contributed by atoms with Crippen molar-refractivity contribution in [3.63, 3.8) is 0 Å². The molecule has 0 amide bonds. The maximum atomic E-state index is 13.2. The molecule has 3 aromatic heterocycles. The molecular formula is C22H20N5O8P. The van der Waals surface area contributed by atoms with Gasteiger partial charge < -0.3 is 14.2 Å². The number of hydrogen-bond donors (Lipinski definition) is 0. The Kier molecular flexibility index (Phi) is 5.51. The van der Waals surface area contributed by atoms with Crippen LogP contribution >= 0.6 is 7.82 Å². The Bertz CT molecular complexity index is 1410. The Labute approximate surface area is 204 Å². The number of rotatable bonds is 5. The predicted molar refractivity (Wildman–Crippen MR) is 117 cm³/mol. The van der Waals surface area contributed by atoms with Crippen LogP contribution < -0.4 is 0 Å². The Hall–Kier alpha value is -3.40. The van der Waals surface area contributed by atoms with Crippen LogP contribution in [0.1, 0.15) is 29.5 Å². The third-order valence-electron chi connectivity index (χ3n) is 6.41. The number of phosphoric ester groups is 1. The van der Waals surface area contributed by atoms with Crippen LogP contribution in [0.3, 0.4) is 0 Å². The van der Waals surface area contributed by atoms with E-state index in [0.717, 1.165) is 5.56 Å². The predicted octanol–water partition coefficient (Wildman–Crippen LogP) is 2.76. The average Bonchev–Trinajstić information content (AvgIpc) is 3.57. The molecule has 186 valence electrons. The molecule has 36 heavy (non-hydrogen) atoms. The van der Waals surface area contributed by atoms with Gasteiger partial charge in [-0.25, -0.2) is 18.9 Å². The fourth-order valence-corrected chi connectivity index (χ4v) is 6.09. The lowest BCUT2D eigenvalue weighted by Gasteiger charge is -2.30. The molecule has 0 radical (unpaired) electrons. The smallest absolute Gasteiger partial charge is 0.424 e. The number of aryl methyl sites for hydroxylation is 1. The van der Waals surface area contributed by atoms with Crippen LogP contribution in [0.15, 0.2) is 43.0 Å². The normalized spacial score (nSPS) is 33.6. The fourth-order valence-electron chi connectivity index (χ4n) is 4.70. The molecule has 3 aliphatic rings. The molecule has 0 N–H and O–H groups in total. The monoisotopic (exact) mass is 513 g/mol. The summed E-state index contributed by atoms with van der Waals surface area (Å²) < 4.78 is 48.2. The maximum absolute atomic E-state index is 13.2. The van der Waals surface area contributed by atoms with Gasteiger partial charge in [0.25, 0.3) is 0 Å². The number of nitrogens with zero attached hydrogens (tertiary/aromatic N) is 5. The Balaban J connectivity index is 1.26. The SMILES string of the molecule is Cc1ncnn2c([C@]3(C#N)O[C@H](CO[P@@]4(=O)OCC[C@@H](c5ccncc5)O4)[C@H]4OC(=O)O[C@H]43)ccc12. The highest BCUT2D eigenvalue weighted by molar-refractivity contribution is 7.48. The topological polar surface area (TPSA) is 156 Å². The van der Waals surface area contributed by atoms with Crippen molar-refractivity contribution in [3.8, 4) is 6.07 Å². The lowest BCUT2D eigenvalue weighted by atomic mass is 9.92. The van der Waals surface area contributed by atoms with Crippen LogP contribution in [-0.2, 0) is 37.9 Å². The van der Waals surface area contributed by atoms with Gasteiger partial charge in [0, 0.05) is 18.8 Å². The quantitative estimate of drug-likeness (QED) is 0.364. The molecule has 0 unspecified atom stereocenters. The summed E-state index contributed by atoms with van der Waals surface area (Å²) in [5, 5.41) is 14.5. The van der Waals surface area contributed by atoms with Crippen LogP contribution in [0, 0.1) is 18.3 Å². The van der Waals surface area contributed by atoms with Gasteiger partial charge >= 0.3 is 14.0 Å². The Morgan fingerprint density at radius 2 is 2.11 bits per heavy atom. The van der Waals surface area contributed by atoms with Crippen molar-refractivity contribution in [2.24, 2.45) is 0 Å². The van der Waals surface area contributed by atoms with E-state index in [2.05, 4.69) is 21.1 Å². The molecule has 3 aromatic rings. The van der Waals surface area contributed by atoms with Crippen LogP contribution in [0.25, 0.3) is 5.52 Å². The molecule has 6 rings (SSSR count). The van der Waals surface area contributed by atoms with E-state index in [4.69, 9.17) is 27.8 Å². The summed E-state index contributed by atoms with van der Waals surface area (Å²) in [5.41, 5.74) is 0.694. The van der Waals surface area contributed by atoms with E-state index in [1.54, 1.807) is 43.6 Å². The van der Waals surface area contributed by atoms with Crippen LogP contribution in [-0.4, -0.2) is 57.3 Å². The third kappa shape index (κ3) is 3.66. The second-order valence-electron chi connectivity index (χ2n) is 8.48. The lowest BCUT2D eigenvalue weighted by Crippen LogP contribution is -2.39. The zero-order chi connectivity index (χ0) is 24.9. The van der Waals surface area contributed by atoms with Gasteiger partial charge in [0.1, 0.15) is 18.5 Å². The van der Waals surface area contributed by atoms with Crippen molar-refractivity contribution in [2.45, 2.75) is 43.4 Å². The molecule has 3 aliphatic heterocycles. The van der Waals surface area contributed by atoms with Crippen molar-refractivity contribution in [3.05, 3.63) is 59.9 Å². The molecule has 0 saturated carbocycles. The van der Waals surface area contributed by atoms with Crippen molar-refractivity contribution in [1.29, 1.82) is 5.26 Å². The van der Waals surface area contributed by atoms with Gasteiger partial charge in [-0.15, -0.1) is 0 Å². The summed E-state index contributed by atoms with van der Waals surface area (Å²) in [6, 6.07) is 9.05. The minimum atomic E-state index is -3.99. The Morgan fingerprint density at radius 1 is 1.28 bits per heavy atom. The summed E-state index contributed by atoms with van der Waals surface area (Å²) in [6.45, 7) is 1.60. The number of hydrogen-bond acceptors (Lipinski definition) is 12. The lowest BCUT2D eigenvalue weighted by molar-refractivity contribution is -0.0849. The first-order valence-electron chi connectivity index (χ1n) is 11.2. The van der Waals surface area contributed by atoms with Gasteiger partial charge in [-0.2, -0.15) is 10.4 Å². The van der Waals surface area contributed by atoms with Gasteiger partial charge in [0.15, 0.2) is 12.2 Å². The summed E-state index contributed by atoms with van der Waals surface area (Å²) in [5.74, 6) is 0. The maximum Gasteiger partial charge on any atom is 0.509 e. The number of carbonyl (C=O) groups is 1. The van der Waals surface area contributed by atoms with Crippen molar-refractivity contribution in [2.75, 3.05) is 13.2 Å². The van der Waals surface area contributed by atoms with Crippen LogP contribution in [0.5, 0.6) is 0 Å².